The number of rotatable bonds is 3. The SMILES string of the molecule is CCC(CC)n1c(C)nc(Cl)cc1=O. The van der Waals surface area contributed by atoms with Crippen molar-refractivity contribution < 1.29 is 0 Å². The zero-order valence-electron chi connectivity index (χ0n) is 8.75. The van der Waals surface area contributed by atoms with E-state index in [0.717, 1.165) is 12.8 Å². The first-order valence-corrected chi connectivity index (χ1v) is 5.23. The Labute approximate surface area is 88.7 Å². The maximum atomic E-state index is 11.7. The molecule has 4 heteroatoms. The van der Waals surface area contributed by atoms with E-state index in [0.29, 0.717) is 5.82 Å². The highest BCUT2D eigenvalue weighted by atomic mass is 35.5. The molecular formula is C10H15ClN2O. The maximum Gasteiger partial charge on any atom is 0.255 e. The summed E-state index contributed by atoms with van der Waals surface area (Å²) in [5, 5.41) is 0.273. The molecule has 0 aliphatic rings. The number of nitrogens with zero attached hydrogens (tertiary/aromatic N) is 2. The molecule has 0 fully saturated rings. The molecule has 0 aliphatic heterocycles. The van der Waals surface area contributed by atoms with Crippen LogP contribution >= 0.6 is 11.6 Å². The van der Waals surface area contributed by atoms with E-state index in [1.165, 1.54) is 6.07 Å². The van der Waals surface area contributed by atoms with Gasteiger partial charge < -0.3 is 0 Å². The van der Waals surface area contributed by atoms with Crippen molar-refractivity contribution in [3.8, 4) is 0 Å². The molecule has 0 N–H and O–H groups in total. The van der Waals surface area contributed by atoms with E-state index < -0.39 is 0 Å². The van der Waals surface area contributed by atoms with Gasteiger partial charge in [0.1, 0.15) is 11.0 Å². The molecule has 1 rings (SSSR count). The summed E-state index contributed by atoms with van der Waals surface area (Å²) in [5.41, 5.74) is -0.0591. The topological polar surface area (TPSA) is 34.9 Å². The van der Waals surface area contributed by atoms with Gasteiger partial charge >= 0.3 is 0 Å². The number of aryl methyl sites for hydroxylation is 1. The Kier molecular flexibility index (Phi) is 3.69. The first-order chi connectivity index (χ1) is 6.60. The molecule has 0 unspecified atom stereocenters. The van der Waals surface area contributed by atoms with Crippen molar-refractivity contribution in [3.63, 3.8) is 0 Å². The average molecular weight is 215 g/mol. The number of aromatic nitrogens is 2. The molecule has 0 saturated heterocycles. The van der Waals surface area contributed by atoms with Gasteiger partial charge in [-0.1, -0.05) is 25.4 Å². The largest absolute Gasteiger partial charge is 0.294 e. The monoisotopic (exact) mass is 214 g/mol. The molecule has 3 nitrogen and oxygen atoms in total. The van der Waals surface area contributed by atoms with Gasteiger partial charge in [0.2, 0.25) is 0 Å². The van der Waals surface area contributed by atoms with Crippen molar-refractivity contribution in [2.24, 2.45) is 0 Å². The molecule has 0 aromatic carbocycles. The molecule has 0 amide bonds. The van der Waals surface area contributed by atoms with Gasteiger partial charge in [-0.05, 0) is 19.8 Å². The second kappa shape index (κ2) is 4.60. The minimum atomic E-state index is -0.0591. The van der Waals surface area contributed by atoms with Gasteiger partial charge in [0.15, 0.2) is 0 Å². The average Bonchev–Trinajstić information content (AvgIpc) is 2.10. The molecule has 0 aliphatic carbocycles. The van der Waals surface area contributed by atoms with E-state index in [2.05, 4.69) is 18.8 Å². The van der Waals surface area contributed by atoms with Crippen LogP contribution in [0.3, 0.4) is 0 Å². The molecule has 0 saturated carbocycles. The summed E-state index contributed by atoms with van der Waals surface area (Å²) in [6.45, 7) is 5.94. The molecule has 1 aromatic rings. The van der Waals surface area contributed by atoms with E-state index in [-0.39, 0.29) is 16.8 Å². The third kappa shape index (κ3) is 2.15. The number of hydrogen-bond donors (Lipinski definition) is 0. The summed E-state index contributed by atoms with van der Waals surface area (Å²) in [7, 11) is 0. The molecule has 78 valence electrons. The van der Waals surface area contributed by atoms with Gasteiger partial charge in [-0.3, -0.25) is 9.36 Å². The van der Waals surface area contributed by atoms with Crippen LogP contribution < -0.4 is 5.56 Å². The second-order valence-electron chi connectivity index (χ2n) is 3.30. The molecule has 0 atom stereocenters. The quantitative estimate of drug-likeness (QED) is 0.725. The molecule has 0 radical (unpaired) electrons. The lowest BCUT2D eigenvalue weighted by Gasteiger charge is -2.18. The third-order valence-corrected chi connectivity index (χ3v) is 2.60. The van der Waals surface area contributed by atoms with E-state index in [1.807, 2.05) is 6.92 Å². The molecule has 14 heavy (non-hydrogen) atoms. The van der Waals surface area contributed by atoms with Crippen LogP contribution in [0.5, 0.6) is 0 Å². The standard InChI is InChI=1S/C10H15ClN2O/c1-4-8(5-2)13-7(3)12-9(11)6-10(13)14/h6,8H,4-5H2,1-3H3. The van der Waals surface area contributed by atoms with Crippen molar-refractivity contribution in [2.45, 2.75) is 39.7 Å². The highest BCUT2D eigenvalue weighted by Crippen LogP contribution is 2.15. The van der Waals surface area contributed by atoms with E-state index in [1.54, 1.807) is 4.57 Å². The normalized spacial score (nSPS) is 10.9. The smallest absolute Gasteiger partial charge is 0.255 e. The first kappa shape index (κ1) is 11.2. The summed E-state index contributed by atoms with van der Waals surface area (Å²) in [5.74, 6) is 0.691. The van der Waals surface area contributed by atoms with Crippen molar-refractivity contribution in [1.29, 1.82) is 0 Å². The Bertz CT molecular complexity index is 369. The Balaban J connectivity index is 3.26. The Morgan fingerprint density at radius 1 is 1.50 bits per heavy atom. The predicted molar refractivity (Wildman–Crippen MR) is 57.9 cm³/mol. The Morgan fingerprint density at radius 3 is 2.50 bits per heavy atom. The fraction of sp³-hybridized carbons (Fsp3) is 0.600. The number of halogens is 1. The van der Waals surface area contributed by atoms with Crippen LogP contribution in [0, 0.1) is 6.92 Å². The van der Waals surface area contributed by atoms with Crippen LogP contribution in [0.2, 0.25) is 5.15 Å². The molecular weight excluding hydrogens is 200 g/mol. The second-order valence-corrected chi connectivity index (χ2v) is 3.69. The summed E-state index contributed by atoms with van der Waals surface area (Å²) in [6.07, 6.45) is 1.86. The van der Waals surface area contributed by atoms with Gasteiger partial charge in [0.05, 0.1) is 0 Å². The van der Waals surface area contributed by atoms with Crippen LogP contribution in [0.25, 0.3) is 0 Å². The van der Waals surface area contributed by atoms with Crippen molar-refractivity contribution >= 4 is 11.6 Å². The Morgan fingerprint density at radius 2 is 2.07 bits per heavy atom. The summed E-state index contributed by atoms with van der Waals surface area (Å²) in [4.78, 5) is 15.7. The van der Waals surface area contributed by atoms with Crippen molar-refractivity contribution in [3.05, 3.63) is 27.4 Å². The fourth-order valence-electron chi connectivity index (χ4n) is 1.67. The van der Waals surface area contributed by atoms with Gasteiger partial charge in [-0.2, -0.15) is 0 Å². The first-order valence-electron chi connectivity index (χ1n) is 4.85. The summed E-state index contributed by atoms with van der Waals surface area (Å²) >= 11 is 5.69. The molecule has 0 bridgehead atoms. The molecule has 1 heterocycles. The highest BCUT2D eigenvalue weighted by molar-refractivity contribution is 6.29. The predicted octanol–water partition coefficient (Wildman–Crippen LogP) is 2.57. The molecule has 1 aromatic heterocycles. The minimum absolute atomic E-state index is 0.0591. The maximum absolute atomic E-state index is 11.7. The van der Waals surface area contributed by atoms with Crippen molar-refractivity contribution in [1.82, 2.24) is 9.55 Å². The van der Waals surface area contributed by atoms with Gasteiger partial charge in [-0.15, -0.1) is 0 Å². The van der Waals surface area contributed by atoms with E-state index in [4.69, 9.17) is 11.6 Å². The number of hydrogen-bond acceptors (Lipinski definition) is 2. The van der Waals surface area contributed by atoms with E-state index >= 15 is 0 Å². The van der Waals surface area contributed by atoms with E-state index in [9.17, 15) is 4.79 Å². The van der Waals surface area contributed by atoms with Gasteiger partial charge in [-0.25, -0.2) is 4.98 Å². The van der Waals surface area contributed by atoms with Gasteiger partial charge in [0.25, 0.3) is 5.56 Å². The zero-order valence-corrected chi connectivity index (χ0v) is 9.51. The lowest BCUT2D eigenvalue weighted by molar-refractivity contribution is 0.441. The fourth-order valence-corrected chi connectivity index (χ4v) is 1.89. The highest BCUT2D eigenvalue weighted by Gasteiger charge is 2.11. The summed E-state index contributed by atoms with van der Waals surface area (Å²) in [6, 6.07) is 1.60. The third-order valence-electron chi connectivity index (χ3n) is 2.40. The minimum Gasteiger partial charge on any atom is -0.294 e. The zero-order chi connectivity index (χ0) is 10.7. The lowest BCUT2D eigenvalue weighted by atomic mass is 10.1. The van der Waals surface area contributed by atoms with Crippen LogP contribution in [-0.2, 0) is 0 Å². The van der Waals surface area contributed by atoms with Crippen LogP contribution in [-0.4, -0.2) is 9.55 Å². The van der Waals surface area contributed by atoms with Crippen LogP contribution in [0.1, 0.15) is 38.6 Å². The van der Waals surface area contributed by atoms with Gasteiger partial charge in [0, 0.05) is 12.1 Å². The van der Waals surface area contributed by atoms with Crippen LogP contribution in [0.4, 0.5) is 0 Å². The molecule has 0 spiro atoms. The Hall–Kier alpha value is -0.830. The van der Waals surface area contributed by atoms with Crippen molar-refractivity contribution in [2.75, 3.05) is 0 Å². The lowest BCUT2D eigenvalue weighted by Crippen LogP contribution is -2.26. The van der Waals surface area contributed by atoms with Crippen LogP contribution in [0.15, 0.2) is 10.9 Å². The summed E-state index contributed by atoms with van der Waals surface area (Å²) < 4.78 is 1.71.